The zero-order chi connectivity index (χ0) is 15.2. The highest BCUT2D eigenvalue weighted by molar-refractivity contribution is 5.78. The Morgan fingerprint density at radius 2 is 1.75 bits per heavy atom. The van der Waals surface area contributed by atoms with Gasteiger partial charge >= 0.3 is 18.2 Å². The first-order valence-corrected chi connectivity index (χ1v) is 6.57. The molecule has 0 radical (unpaired) electrons. The summed E-state index contributed by atoms with van der Waals surface area (Å²) < 4.78 is 35.6. The monoisotopic (exact) mass is 296 g/mol. The summed E-state index contributed by atoms with van der Waals surface area (Å²) in [4.78, 5) is 22.6. The highest BCUT2D eigenvalue weighted by atomic mass is 19.4. The Balaban J connectivity index is 2.24. The van der Waals surface area contributed by atoms with E-state index in [0.29, 0.717) is 12.8 Å². The lowest BCUT2D eigenvalue weighted by Gasteiger charge is -2.24. The molecule has 5 nitrogen and oxygen atoms in total. The van der Waals surface area contributed by atoms with Crippen molar-refractivity contribution in [2.75, 3.05) is 13.1 Å². The summed E-state index contributed by atoms with van der Waals surface area (Å²) in [7, 11) is 0. The maximum Gasteiger partial charge on any atom is 0.389 e. The van der Waals surface area contributed by atoms with Crippen molar-refractivity contribution in [2.45, 2.75) is 44.7 Å². The number of halogens is 3. The summed E-state index contributed by atoms with van der Waals surface area (Å²) >= 11 is 0. The van der Waals surface area contributed by atoms with Crippen molar-refractivity contribution >= 4 is 12.0 Å². The van der Waals surface area contributed by atoms with E-state index in [4.69, 9.17) is 0 Å². The molecule has 116 valence electrons. The van der Waals surface area contributed by atoms with Gasteiger partial charge < -0.3 is 15.7 Å². The Morgan fingerprint density at radius 1 is 1.15 bits per heavy atom. The topological polar surface area (TPSA) is 78.4 Å². The summed E-state index contributed by atoms with van der Waals surface area (Å²) in [6, 6.07) is -0.625. The van der Waals surface area contributed by atoms with E-state index < -0.39 is 30.0 Å². The van der Waals surface area contributed by atoms with Gasteiger partial charge in [-0.25, -0.2) is 4.79 Å². The van der Waals surface area contributed by atoms with Crippen molar-refractivity contribution in [1.82, 2.24) is 10.6 Å². The van der Waals surface area contributed by atoms with E-state index in [0.717, 1.165) is 12.8 Å². The third-order valence-electron chi connectivity index (χ3n) is 3.52. The van der Waals surface area contributed by atoms with Gasteiger partial charge in [0.2, 0.25) is 0 Å². The fraction of sp³-hybridized carbons (Fsp3) is 0.833. The van der Waals surface area contributed by atoms with Crippen LogP contribution in [0, 0.1) is 5.41 Å². The van der Waals surface area contributed by atoms with Crippen LogP contribution in [-0.2, 0) is 4.79 Å². The molecular formula is C12H19F3N2O3. The third kappa shape index (κ3) is 5.26. The number of carboxylic acid groups (broad SMARTS) is 1. The lowest BCUT2D eigenvalue weighted by molar-refractivity contribution is -0.148. The SMILES string of the molecule is O=C(NCCCC(F)(F)F)NCC1(C(=O)O)CCCC1. The molecule has 8 heteroatoms. The number of nitrogens with one attached hydrogen (secondary N) is 2. The molecule has 20 heavy (non-hydrogen) atoms. The molecule has 0 aliphatic heterocycles. The minimum atomic E-state index is -4.23. The van der Waals surface area contributed by atoms with Crippen molar-refractivity contribution in [3.05, 3.63) is 0 Å². The van der Waals surface area contributed by atoms with E-state index >= 15 is 0 Å². The number of aliphatic carboxylic acids is 1. The van der Waals surface area contributed by atoms with Crippen LogP contribution in [0.4, 0.5) is 18.0 Å². The molecule has 0 aromatic rings. The number of carbonyl (C=O) groups excluding carboxylic acids is 1. The fourth-order valence-corrected chi connectivity index (χ4v) is 2.32. The van der Waals surface area contributed by atoms with Crippen molar-refractivity contribution in [3.63, 3.8) is 0 Å². The van der Waals surface area contributed by atoms with E-state index in [9.17, 15) is 27.9 Å². The maximum atomic E-state index is 11.9. The molecule has 0 saturated heterocycles. The summed E-state index contributed by atoms with van der Waals surface area (Å²) in [6.45, 7) is -0.0845. The molecule has 1 saturated carbocycles. The molecular weight excluding hydrogens is 277 g/mol. The van der Waals surface area contributed by atoms with Gasteiger partial charge in [-0.05, 0) is 19.3 Å². The van der Waals surface area contributed by atoms with Crippen molar-refractivity contribution in [1.29, 1.82) is 0 Å². The molecule has 0 unspecified atom stereocenters. The molecule has 0 heterocycles. The van der Waals surface area contributed by atoms with Crippen LogP contribution in [0.25, 0.3) is 0 Å². The predicted molar refractivity (Wildman–Crippen MR) is 65.2 cm³/mol. The van der Waals surface area contributed by atoms with E-state index in [1.165, 1.54) is 0 Å². The van der Waals surface area contributed by atoms with E-state index in [2.05, 4.69) is 10.6 Å². The minimum absolute atomic E-state index is 0.00738. The van der Waals surface area contributed by atoms with Crippen LogP contribution in [0.3, 0.4) is 0 Å². The molecule has 0 aromatic carbocycles. The molecule has 0 spiro atoms. The standard InChI is InChI=1S/C12H19F3N2O3/c13-12(14,15)6-3-7-16-10(20)17-8-11(9(18)19)4-1-2-5-11/h1-8H2,(H,18,19)(H2,16,17,20). The van der Waals surface area contributed by atoms with Crippen LogP contribution in [0.15, 0.2) is 0 Å². The average Bonchev–Trinajstić information content (AvgIpc) is 2.81. The second kappa shape index (κ2) is 6.81. The number of alkyl halides is 3. The predicted octanol–water partition coefficient (Wildman–Crippen LogP) is 2.27. The lowest BCUT2D eigenvalue weighted by atomic mass is 9.86. The molecule has 2 amide bonds. The summed E-state index contributed by atoms with van der Waals surface area (Å²) in [5, 5.41) is 13.9. The van der Waals surface area contributed by atoms with E-state index in [-0.39, 0.29) is 19.5 Å². The highest BCUT2D eigenvalue weighted by Gasteiger charge is 2.41. The summed E-state index contributed by atoms with van der Waals surface area (Å²) in [5.41, 5.74) is -0.927. The van der Waals surface area contributed by atoms with Gasteiger partial charge in [0.05, 0.1) is 5.41 Å². The van der Waals surface area contributed by atoms with E-state index in [1.807, 2.05) is 0 Å². The van der Waals surface area contributed by atoms with E-state index in [1.54, 1.807) is 0 Å². The normalized spacial score (nSPS) is 17.8. The van der Waals surface area contributed by atoms with Gasteiger partial charge in [-0.3, -0.25) is 4.79 Å². The Labute approximate surface area is 114 Å². The van der Waals surface area contributed by atoms with Crippen LogP contribution in [0.2, 0.25) is 0 Å². The number of hydrogen-bond acceptors (Lipinski definition) is 2. The first kappa shape index (κ1) is 16.6. The molecule has 1 aliphatic rings. The first-order valence-electron chi connectivity index (χ1n) is 6.57. The third-order valence-corrected chi connectivity index (χ3v) is 3.52. The molecule has 0 bridgehead atoms. The molecule has 1 fully saturated rings. The average molecular weight is 296 g/mol. The number of carboxylic acids is 1. The summed E-state index contributed by atoms with van der Waals surface area (Å²) in [5.74, 6) is -0.938. The second-order valence-electron chi connectivity index (χ2n) is 5.12. The Bertz CT molecular complexity index is 352. The van der Waals surface area contributed by atoms with Gasteiger partial charge in [0.1, 0.15) is 0 Å². The van der Waals surface area contributed by atoms with Gasteiger partial charge in [-0.1, -0.05) is 12.8 Å². The van der Waals surface area contributed by atoms with Crippen molar-refractivity contribution in [3.8, 4) is 0 Å². The summed E-state index contributed by atoms with van der Waals surface area (Å²) in [6.07, 6.45) is -2.74. The second-order valence-corrected chi connectivity index (χ2v) is 5.12. The number of carbonyl (C=O) groups is 2. The quantitative estimate of drug-likeness (QED) is 0.658. The first-order chi connectivity index (χ1) is 9.25. The van der Waals surface area contributed by atoms with Crippen LogP contribution in [0.1, 0.15) is 38.5 Å². The number of amides is 2. The van der Waals surface area contributed by atoms with Crippen LogP contribution in [-0.4, -0.2) is 36.4 Å². The lowest BCUT2D eigenvalue weighted by Crippen LogP contribution is -2.45. The van der Waals surface area contributed by atoms with Crippen molar-refractivity contribution < 1.29 is 27.9 Å². The fourth-order valence-electron chi connectivity index (χ4n) is 2.32. The zero-order valence-corrected chi connectivity index (χ0v) is 11.1. The molecule has 1 aliphatic carbocycles. The Kier molecular flexibility index (Phi) is 5.64. The number of hydrogen-bond donors (Lipinski definition) is 3. The minimum Gasteiger partial charge on any atom is -0.481 e. The van der Waals surface area contributed by atoms with Gasteiger partial charge in [0, 0.05) is 19.5 Å². The van der Waals surface area contributed by atoms with Crippen LogP contribution >= 0.6 is 0 Å². The van der Waals surface area contributed by atoms with Crippen LogP contribution in [0.5, 0.6) is 0 Å². The largest absolute Gasteiger partial charge is 0.481 e. The van der Waals surface area contributed by atoms with Gasteiger partial charge in [-0.2, -0.15) is 13.2 Å². The molecule has 1 rings (SSSR count). The molecule has 3 N–H and O–H groups in total. The zero-order valence-electron chi connectivity index (χ0n) is 11.1. The maximum absolute atomic E-state index is 11.9. The molecule has 0 atom stereocenters. The van der Waals surface area contributed by atoms with Gasteiger partial charge in [0.25, 0.3) is 0 Å². The van der Waals surface area contributed by atoms with Gasteiger partial charge in [0.15, 0.2) is 0 Å². The highest BCUT2D eigenvalue weighted by Crippen LogP contribution is 2.37. The molecule has 0 aromatic heterocycles. The Hall–Kier alpha value is -1.47. The number of urea groups is 1. The van der Waals surface area contributed by atoms with Crippen LogP contribution < -0.4 is 10.6 Å². The smallest absolute Gasteiger partial charge is 0.389 e. The van der Waals surface area contributed by atoms with Crippen molar-refractivity contribution in [2.24, 2.45) is 5.41 Å². The van der Waals surface area contributed by atoms with Gasteiger partial charge in [-0.15, -0.1) is 0 Å². The number of rotatable bonds is 6. The Morgan fingerprint density at radius 3 is 2.25 bits per heavy atom.